The van der Waals surface area contributed by atoms with Gasteiger partial charge < -0.3 is 10.6 Å². The summed E-state index contributed by atoms with van der Waals surface area (Å²) in [6, 6.07) is 21.2. The van der Waals surface area contributed by atoms with Gasteiger partial charge in [-0.25, -0.2) is 0 Å². The molecule has 1 aromatic heterocycles. The zero-order chi connectivity index (χ0) is 18.9. The van der Waals surface area contributed by atoms with Gasteiger partial charge in [0.1, 0.15) is 0 Å². The molecule has 0 atom stereocenters. The van der Waals surface area contributed by atoms with Crippen LogP contribution in [0.25, 0.3) is 0 Å². The lowest BCUT2D eigenvalue weighted by Gasteiger charge is -2.09. The quantitative estimate of drug-likeness (QED) is 0.626. The Morgan fingerprint density at radius 2 is 1.85 bits per heavy atom. The summed E-state index contributed by atoms with van der Waals surface area (Å²) in [5, 5.41) is 15.1. The number of hydrogen-bond acceptors (Lipinski definition) is 4. The van der Waals surface area contributed by atoms with Crippen molar-refractivity contribution in [3.8, 4) is 6.07 Å². The Balaban J connectivity index is 1.54. The molecule has 0 fully saturated rings. The van der Waals surface area contributed by atoms with Gasteiger partial charge in [0, 0.05) is 18.4 Å². The summed E-state index contributed by atoms with van der Waals surface area (Å²) >= 11 is 0. The van der Waals surface area contributed by atoms with E-state index in [0.717, 1.165) is 18.5 Å². The van der Waals surface area contributed by atoms with E-state index in [1.54, 1.807) is 36.7 Å². The summed E-state index contributed by atoms with van der Waals surface area (Å²) in [5.74, 6) is -0.148. The molecule has 134 valence electrons. The molecule has 2 N–H and O–H groups in total. The molecule has 27 heavy (non-hydrogen) atoms. The molecule has 3 rings (SSSR count). The van der Waals surface area contributed by atoms with E-state index in [-0.39, 0.29) is 5.91 Å². The molecule has 0 saturated carbocycles. The minimum Gasteiger partial charge on any atom is -0.354 e. The molecule has 0 spiro atoms. The number of pyridine rings is 1. The van der Waals surface area contributed by atoms with Crippen molar-refractivity contribution in [2.24, 2.45) is 0 Å². The monoisotopic (exact) mass is 356 g/mol. The van der Waals surface area contributed by atoms with Gasteiger partial charge in [0.2, 0.25) is 0 Å². The Bertz CT molecular complexity index is 948. The number of amides is 1. The van der Waals surface area contributed by atoms with Gasteiger partial charge in [-0.15, -0.1) is 0 Å². The highest BCUT2D eigenvalue weighted by Crippen LogP contribution is 2.17. The van der Waals surface area contributed by atoms with Gasteiger partial charge in [-0.3, -0.25) is 9.78 Å². The minimum atomic E-state index is -0.148. The number of carbonyl (C=O) groups excluding carboxylic acids is 1. The van der Waals surface area contributed by atoms with Gasteiger partial charge in [0.25, 0.3) is 5.91 Å². The van der Waals surface area contributed by atoms with Gasteiger partial charge in [-0.05, 0) is 42.7 Å². The first-order valence-corrected chi connectivity index (χ1v) is 8.79. The van der Waals surface area contributed by atoms with Crippen molar-refractivity contribution in [1.29, 1.82) is 5.26 Å². The third-order valence-corrected chi connectivity index (χ3v) is 4.05. The van der Waals surface area contributed by atoms with Crippen LogP contribution in [0.15, 0.2) is 73.1 Å². The summed E-state index contributed by atoms with van der Waals surface area (Å²) in [5.41, 5.74) is 3.80. The second kappa shape index (κ2) is 9.16. The number of aromatic nitrogens is 1. The highest BCUT2D eigenvalue weighted by Gasteiger charge is 2.07. The molecule has 1 heterocycles. The number of hydrogen-bond donors (Lipinski definition) is 2. The topological polar surface area (TPSA) is 77.8 Å². The van der Waals surface area contributed by atoms with Crippen molar-refractivity contribution >= 4 is 17.3 Å². The molecular formula is C22H20N4O. The van der Waals surface area contributed by atoms with Crippen molar-refractivity contribution in [2.75, 3.05) is 11.9 Å². The van der Waals surface area contributed by atoms with Crippen molar-refractivity contribution < 1.29 is 4.79 Å². The molecule has 2 aromatic carbocycles. The van der Waals surface area contributed by atoms with Crippen LogP contribution < -0.4 is 10.6 Å². The number of carbonyl (C=O) groups is 1. The van der Waals surface area contributed by atoms with Crippen LogP contribution in [0.1, 0.15) is 27.9 Å². The lowest BCUT2D eigenvalue weighted by molar-refractivity contribution is 0.0953. The van der Waals surface area contributed by atoms with Crippen LogP contribution in [0.4, 0.5) is 11.4 Å². The largest absolute Gasteiger partial charge is 0.354 e. The number of nitrogens with one attached hydrogen (secondary N) is 2. The number of nitrogens with zero attached hydrogens (tertiary/aromatic N) is 2. The fraction of sp³-hybridized carbons (Fsp3) is 0.136. The molecule has 0 unspecified atom stereocenters. The van der Waals surface area contributed by atoms with E-state index < -0.39 is 0 Å². The average molecular weight is 356 g/mol. The number of nitriles is 1. The fourth-order valence-electron chi connectivity index (χ4n) is 2.71. The Hall–Kier alpha value is -3.65. The molecule has 0 aliphatic rings. The predicted molar refractivity (Wildman–Crippen MR) is 106 cm³/mol. The first kappa shape index (κ1) is 18.2. The molecule has 0 bridgehead atoms. The number of anilines is 2. The van der Waals surface area contributed by atoms with E-state index in [1.165, 1.54) is 5.56 Å². The summed E-state index contributed by atoms with van der Waals surface area (Å²) < 4.78 is 0. The van der Waals surface area contributed by atoms with Gasteiger partial charge in [-0.2, -0.15) is 5.26 Å². The van der Waals surface area contributed by atoms with Gasteiger partial charge >= 0.3 is 0 Å². The van der Waals surface area contributed by atoms with Crippen LogP contribution in [0, 0.1) is 11.3 Å². The van der Waals surface area contributed by atoms with Crippen LogP contribution in [0.3, 0.4) is 0 Å². The highest BCUT2D eigenvalue weighted by molar-refractivity contribution is 5.94. The number of rotatable bonds is 7. The number of aryl methyl sites for hydroxylation is 1. The first-order chi connectivity index (χ1) is 13.2. The second-order valence-corrected chi connectivity index (χ2v) is 6.12. The fourth-order valence-corrected chi connectivity index (χ4v) is 2.71. The van der Waals surface area contributed by atoms with E-state index in [9.17, 15) is 4.79 Å². The summed E-state index contributed by atoms with van der Waals surface area (Å²) in [6.07, 6.45) is 4.99. The van der Waals surface area contributed by atoms with E-state index in [2.05, 4.69) is 33.8 Å². The molecule has 0 aliphatic heterocycles. The molecule has 0 radical (unpaired) electrons. The molecule has 5 nitrogen and oxygen atoms in total. The van der Waals surface area contributed by atoms with Crippen molar-refractivity contribution in [3.63, 3.8) is 0 Å². The molecule has 0 aliphatic carbocycles. The predicted octanol–water partition coefficient (Wildman–Crippen LogP) is 4.06. The summed E-state index contributed by atoms with van der Waals surface area (Å²) in [7, 11) is 0. The first-order valence-electron chi connectivity index (χ1n) is 8.79. The summed E-state index contributed by atoms with van der Waals surface area (Å²) in [4.78, 5) is 16.5. The molecular weight excluding hydrogens is 336 g/mol. The second-order valence-electron chi connectivity index (χ2n) is 6.12. The molecule has 3 aromatic rings. The Kier molecular flexibility index (Phi) is 6.16. The van der Waals surface area contributed by atoms with Gasteiger partial charge in [0.05, 0.1) is 29.1 Å². The van der Waals surface area contributed by atoms with Crippen molar-refractivity contribution in [2.45, 2.75) is 12.8 Å². The maximum absolute atomic E-state index is 12.3. The lowest BCUT2D eigenvalue weighted by atomic mass is 10.1. The van der Waals surface area contributed by atoms with Crippen LogP contribution >= 0.6 is 0 Å². The van der Waals surface area contributed by atoms with Crippen molar-refractivity contribution in [3.05, 3.63) is 89.7 Å². The normalized spacial score (nSPS) is 10.0. The van der Waals surface area contributed by atoms with Crippen LogP contribution in [0.2, 0.25) is 0 Å². The number of benzene rings is 2. The van der Waals surface area contributed by atoms with E-state index in [1.807, 2.05) is 24.3 Å². The van der Waals surface area contributed by atoms with Gasteiger partial charge in [-0.1, -0.05) is 36.4 Å². The van der Waals surface area contributed by atoms with Crippen LogP contribution in [0.5, 0.6) is 0 Å². The molecule has 0 saturated heterocycles. The van der Waals surface area contributed by atoms with Crippen molar-refractivity contribution in [1.82, 2.24) is 10.3 Å². The third kappa shape index (κ3) is 5.41. The van der Waals surface area contributed by atoms with E-state index in [0.29, 0.717) is 23.4 Å². The SMILES string of the molecule is N#Cc1cccc(Nc2cncc(C(=O)NCCCc3ccccc3)c2)c1. The zero-order valence-corrected chi connectivity index (χ0v) is 14.9. The Morgan fingerprint density at radius 3 is 2.67 bits per heavy atom. The minimum absolute atomic E-state index is 0.148. The van der Waals surface area contributed by atoms with Crippen LogP contribution in [-0.4, -0.2) is 17.4 Å². The average Bonchev–Trinajstić information content (AvgIpc) is 2.72. The maximum atomic E-state index is 12.3. The maximum Gasteiger partial charge on any atom is 0.252 e. The Labute approximate surface area is 158 Å². The zero-order valence-electron chi connectivity index (χ0n) is 14.9. The highest BCUT2D eigenvalue weighted by atomic mass is 16.1. The molecule has 5 heteroatoms. The van der Waals surface area contributed by atoms with Gasteiger partial charge in [0.15, 0.2) is 0 Å². The lowest BCUT2D eigenvalue weighted by Crippen LogP contribution is -2.25. The third-order valence-electron chi connectivity index (χ3n) is 4.05. The standard InChI is InChI=1S/C22H20N4O/c23-14-18-8-4-10-20(12-18)26-21-13-19(15-24-16-21)22(27)25-11-5-9-17-6-2-1-3-7-17/h1-4,6-8,10,12-13,15-16,26H,5,9,11H2,(H,25,27). The summed E-state index contributed by atoms with van der Waals surface area (Å²) in [6.45, 7) is 0.607. The molecule has 1 amide bonds. The van der Waals surface area contributed by atoms with E-state index in [4.69, 9.17) is 5.26 Å². The van der Waals surface area contributed by atoms with E-state index >= 15 is 0 Å². The Morgan fingerprint density at radius 1 is 1.00 bits per heavy atom. The smallest absolute Gasteiger partial charge is 0.252 e. The van der Waals surface area contributed by atoms with Crippen LogP contribution in [-0.2, 0) is 6.42 Å².